The van der Waals surface area contributed by atoms with Gasteiger partial charge in [-0.05, 0) is 36.1 Å². The summed E-state index contributed by atoms with van der Waals surface area (Å²) >= 11 is 7.50. The first-order valence-electron chi connectivity index (χ1n) is 6.09. The molecule has 1 unspecified atom stereocenters. The van der Waals surface area contributed by atoms with E-state index >= 15 is 0 Å². The summed E-state index contributed by atoms with van der Waals surface area (Å²) in [5.41, 5.74) is 0.749. The van der Waals surface area contributed by atoms with Gasteiger partial charge in [0.1, 0.15) is 11.7 Å². The van der Waals surface area contributed by atoms with Crippen LogP contribution in [0.4, 0.5) is 4.39 Å². The zero-order valence-corrected chi connectivity index (χ0v) is 12.7. The second-order valence-corrected chi connectivity index (χ2v) is 5.61. The number of ketones is 1. The number of benzene rings is 2. The molecule has 0 amide bonds. The monoisotopic (exact) mass is 319 g/mol. The summed E-state index contributed by atoms with van der Waals surface area (Å²) in [5, 5.41) is 9.36. The third-order valence-corrected chi connectivity index (χ3v) is 4.11. The molecule has 0 N–H and O–H groups in total. The fraction of sp³-hybridized carbons (Fsp3) is 0.125. The number of nitrogens with zero attached hydrogens (tertiary/aromatic N) is 1. The Morgan fingerprint density at radius 3 is 2.48 bits per heavy atom. The Hall–Kier alpha value is -1.83. The molecule has 0 saturated heterocycles. The Labute approximate surface area is 131 Å². The molecule has 5 heteroatoms. The summed E-state index contributed by atoms with van der Waals surface area (Å²) < 4.78 is 13.1. The molecule has 0 heterocycles. The second-order valence-electron chi connectivity index (χ2n) is 4.32. The Balaban J connectivity index is 2.36. The van der Waals surface area contributed by atoms with Gasteiger partial charge in [0.05, 0.1) is 6.07 Å². The molecule has 2 aromatic rings. The lowest BCUT2D eigenvalue weighted by atomic mass is 9.92. The van der Waals surface area contributed by atoms with Crippen LogP contribution in [0.2, 0.25) is 5.02 Å². The van der Waals surface area contributed by atoms with Crippen molar-refractivity contribution in [3.63, 3.8) is 0 Å². The maximum atomic E-state index is 13.1. The van der Waals surface area contributed by atoms with Gasteiger partial charge in [0.15, 0.2) is 5.78 Å². The van der Waals surface area contributed by atoms with Gasteiger partial charge in [-0.2, -0.15) is 5.26 Å². The molecule has 0 spiro atoms. The number of halogens is 2. The maximum absolute atomic E-state index is 13.1. The number of thioether (sulfide) groups is 1. The Morgan fingerprint density at radius 1 is 1.29 bits per heavy atom. The molecule has 21 heavy (non-hydrogen) atoms. The number of Topliss-reactive ketones (excluding diaryl/α,β-unsaturated/α-hetero) is 1. The molecule has 0 aliphatic rings. The number of hydrogen-bond donors (Lipinski definition) is 0. The van der Waals surface area contributed by atoms with Crippen molar-refractivity contribution in [2.45, 2.75) is 10.8 Å². The zero-order valence-electron chi connectivity index (χ0n) is 11.1. The van der Waals surface area contributed by atoms with E-state index in [1.54, 1.807) is 23.9 Å². The molecule has 0 aromatic heterocycles. The van der Waals surface area contributed by atoms with Crippen molar-refractivity contribution in [1.82, 2.24) is 0 Å². The van der Waals surface area contributed by atoms with E-state index in [1.807, 2.05) is 24.5 Å². The van der Waals surface area contributed by atoms with Crippen LogP contribution >= 0.6 is 23.4 Å². The number of nitriles is 1. The van der Waals surface area contributed by atoms with Crippen LogP contribution in [0.3, 0.4) is 0 Å². The summed E-state index contributed by atoms with van der Waals surface area (Å²) in [5.74, 6) is -1.89. The van der Waals surface area contributed by atoms with Crippen LogP contribution in [-0.4, -0.2) is 12.0 Å². The first-order chi connectivity index (χ1) is 10.1. The van der Waals surface area contributed by atoms with Crippen LogP contribution < -0.4 is 0 Å². The third-order valence-electron chi connectivity index (χ3n) is 3.04. The van der Waals surface area contributed by atoms with E-state index in [2.05, 4.69) is 0 Å². The van der Waals surface area contributed by atoms with E-state index in [9.17, 15) is 14.4 Å². The van der Waals surface area contributed by atoms with E-state index in [0.717, 1.165) is 11.0 Å². The Morgan fingerprint density at radius 2 is 1.95 bits per heavy atom. The topological polar surface area (TPSA) is 40.9 Å². The minimum absolute atomic E-state index is 0.0793. The lowest BCUT2D eigenvalue weighted by molar-refractivity contribution is 0.0979. The molecule has 0 fully saturated rings. The van der Waals surface area contributed by atoms with Crippen molar-refractivity contribution in [3.05, 3.63) is 64.4 Å². The van der Waals surface area contributed by atoms with Crippen LogP contribution in [0.15, 0.2) is 47.4 Å². The van der Waals surface area contributed by atoms with E-state index < -0.39 is 11.7 Å². The molecule has 2 nitrogen and oxygen atoms in total. The van der Waals surface area contributed by atoms with Crippen LogP contribution in [-0.2, 0) is 0 Å². The van der Waals surface area contributed by atoms with Crippen LogP contribution in [0.1, 0.15) is 21.8 Å². The summed E-state index contributed by atoms with van der Waals surface area (Å²) in [6, 6.07) is 12.6. The molecule has 1 atom stereocenters. The molecule has 2 aromatic carbocycles. The number of hydrogen-bond acceptors (Lipinski definition) is 3. The van der Waals surface area contributed by atoms with Crippen molar-refractivity contribution in [2.75, 3.05) is 6.26 Å². The third kappa shape index (κ3) is 3.44. The van der Waals surface area contributed by atoms with Gasteiger partial charge in [0, 0.05) is 15.5 Å². The average Bonchev–Trinajstić information content (AvgIpc) is 2.50. The van der Waals surface area contributed by atoms with Gasteiger partial charge >= 0.3 is 0 Å². The highest BCUT2D eigenvalue weighted by Gasteiger charge is 2.24. The lowest BCUT2D eigenvalue weighted by Gasteiger charge is -2.11. The molecule has 0 aliphatic heterocycles. The van der Waals surface area contributed by atoms with Crippen molar-refractivity contribution >= 4 is 29.1 Å². The number of rotatable bonds is 4. The minimum atomic E-state index is -1.04. The van der Waals surface area contributed by atoms with Gasteiger partial charge in [0.25, 0.3) is 0 Å². The largest absolute Gasteiger partial charge is 0.292 e. The molecular weight excluding hydrogens is 309 g/mol. The molecular formula is C16H11ClFNOS. The van der Waals surface area contributed by atoms with Gasteiger partial charge < -0.3 is 0 Å². The molecule has 2 rings (SSSR count). The summed E-state index contributed by atoms with van der Waals surface area (Å²) in [4.78, 5) is 13.5. The van der Waals surface area contributed by atoms with E-state index in [4.69, 9.17) is 11.6 Å². The highest BCUT2D eigenvalue weighted by atomic mass is 35.5. The predicted molar refractivity (Wildman–Crippen MR) is 82.3 cm³/mol. The fourth-order valence-corrected chi connectivity index (χ4v) is 2.61. The van der Waals surface area contributed by atoms with Gasteiger partial charge in [0.2, 0.25) is 0 Å². The van der Waals surface area contributed by atoms with Crippen molar-refractivity contribution in [3.8, 4) is 6.07 Å². The molecule has 0 aliphatic carbocycles. The highest BCUT2D eigenvalue weighted by Crippen LogP contribution is 2.28. The maximum Gasteiger partial charge on any atom is 0.184 e. The zero-order chi connectivity index (χ0) is 15.4. The van der Waals surface area contributed by atoms with Crippen molar-refractivity contribution in [1.29, 1.82) is 5.26 Å². The second kappa shape index (κ2) is 6.75. The Kier molecular flexibility index (Phi) is 5.00. The average molecular weight is 320 g/mol. The predicted octanol–water partition coefficient (Wildman–Crippen LogP) is 4.69. The molecule has 0 radical (unpaired) electrons. The van der Waals surface area contributed by atoms with Gasteiger partial charge in [-0.15, -0.1) is 11.8 Å². The lowest BCUT2D eigenvalue weighted by Crippen LogP contribution is -2.11. The molecule has 0 bridgehead atoms. The van der Waals surface area contributed by atoms with Crippen molar-refractivity contribution in [2.24, 2.45) is 0 Å². The summed E-state index contributed by atoms with van der Waals surface area (Å²) in [6.45, 7) is 0. The van der Waals surface area contributed by atoms with E-state index in [1.165, 1.54) is 12.1 Å². The Bertz CT molecular complexity index is 709. The molecule has 0 saturated carbocycles. The van der Waals surface area contributed by atoms with Crippen LogP contribution in [0.5, 0.6) is 0 Å². The smallest absolute Gasteiger partial charge is 0.184 e. The quantitative estimate of drug-likeness (QED) is 0.606. The summed E-state index contributed by atoms with van der Waals surface area (Å²) in [6.07, 6.45) is 1.94. The molecule has 106 valence electrons. The normalized spacial score (nSPS) is 11.7. The highest BCUT2D eigenvalue weighted by molar-refractivity contribution is 7.98. The number of carbonyl (C=O) groups excluding carboxylic acids is 1. The first-order valence-corrected chi connectivity index (χ1v) is 7.70. The van der Waals surface area contributed by atoms with E-state index in [0.29, 0.717) is 11.1 Å². The standard InChI is InChI=1S/C16H11ClFNOS/c1-21-12-5-2-10(3-6-12)16(20)14(9-19)13-7-4-11(18)8-15(13)17/h2-8,14H,1H3. The summed E-state index contributed by atoms with van der Waals surface area (Å²) in [7, 11) is 0. The van der Waals surface area contributed by atoms with Crippen molar-refractivity contribution < 1.29 is 9.18 Å². The van der Waals surface area contributed by atoms with E-state index in [-0.39, 0.29) is 10.8 Å². The van der Waals surface area contributed by atoms with Gasteiger partial charge in [-0.25, -0.2) is 4.39 Å². The SMILES string of the molecule is CSc1ccc(C(=O)C(C#N)c2ccc(F)cc2Cl)cc1. The minimum Gasteiger partial charge on any atom is -0.292 e. The fourth-order valence-electron chi connectivity index (χ4n) is 1.93. The van der Waals surface area contributed by atoms with Crippen LogP contribution in [0, 0.1) is 17.1 Å². The van der Waals surface area contributed by atoms with Crippen LogP contribution in [0.25, 0.3) is 0 Å². The number of carbonyl (C=O) groups is 1. The first kappa shape index (κ1) is 15.6. The van der Waals surface area contributed by atoms with Gasteiger partial charge in [-0.3, -0.25) is 4.79 Å². The van der Waals surface area contributed by atoms with Gasteiger partial charge in [-0.1, -0.05) is 29.8 Å².